The predicted molar refractivity (Wildman–Crippen MR) is 159 cm³/mol. The van der Waals surface area contributed by atoms with Gasteiger partial charge in [-0.3, -0.25) is 4.79 Å². The van der Waals surface area contributed by atoms with E-state index >= 15 is 0 Å². The van der Waals surface area contributed by atoms with Crippen LogP contribution in [0.2, 0.25) is 0 Å². The lowest BCUT2D eigenvalue weighted by molar-refractivity contribution is -0.143. The average Bonchev–Trinajstić information content (AvgIpc) is 3.57. The molecule has 0 unspecified atom stereocenters. The van der Waals surface area contributed by atoms with E-state index in [0.29, 0.717) is 31.6 Å². The van der Waals surface area contributed by atoms with Crippen LogP contribution < -0.4 is 9.80 Å². The molecule has 1 aliphatic rings. The molecule has 0 radical (unpaired) electrons. The van der Waals surface area contributed by atoms with Gasteiger partial charge in [0.2, 0.25) is 0 Å². The second-order valence-electron chi connectivity index (χ2n) is 12.0. The highest BCUT2D eigenvalue weighted by Crippen LogP contribution is 2.38. The number of carboxylic acids is 1. The number of anilines is 2. The standard InChI is InChI=1S/C30H36F6N6O2.ClH/c1-5-41(18-28(2,3)10-9-26(43)44)25-14-21-8-6-7-20(21)13-22(25)17-42(27-37-39-40(4)38-27)16-19-11-23(29(31,32)33)15-24(12-19)30(34,35)36;/h11-15H,5-10,16-18H2,1-4H3,(H,43,44);1H. The molecule has 0 spiro atoms. The minimum atomic E-state index is -4.98. The molecule has 1 aliphatic carbocycles. The van der Waals surface area contributed by atoms with Gasteiger partial charge in [-0.15, -0.1) is 17.5 Å². The van der Waals surface area contributed by atoms with Gasteiger partial charge in [-0.1, -0.05) is 25.0 Å². The van der Waals surface area contributed by atoms with Crippen molar-refractivity contribution in [3.05, 3.63) is 63.7 Å². The fourth-order valence-corrected chi connectivity index (χ4v) is 5.63. The number of hydrogen-bond acceptors (Lipinski definition) is 6. The van der Waals surface area contributed by atoms with Crippen molar-refractivity contribution in [3.8, 4) is 0 Å². The van der Waals surface area contributed by atoms with Crippen molar-refractivity contribution in [3.63, 3.8) is 0 Å². The van der Waals surface area contributed by atoms with Gasteiger partial charge in [0.1, 0.15) is 0 Å². The number of tetrazole rings is 1. The summed E-state index contributed by atoms with van der Waals surface area (Å²) in [6, 6.07) is 5.68. The maximum atomic E-state index is 13.6. The van der Waals surface area contributed by atoms with E-state index in [4.69, 9.17) is 0 Å². The minimum Gasteiger partial charge on any atom is -0.481 e. The van der Waals surface area contributed by atoms with Crippen LogP contribution in [0.4, 0.5) is 38.0 Å². The average molecular weight is 663 g/mol. The Bertz CT molecular complexity index is 1460. The number of fused-ring (bicyclic) bond motifs is 1. The van der Waals surface area contributed by atoms with Crippen LogP contribution in [0, 0.1) is 5.41 Å². The van der Waals surface area contributed by atoms with E-state index in [1.807, 2.05) is 26.8 Å². The smallest absolute Gasteiger partial charge is 0.416 e. The molecular weight excluding hydrogens is 626 g/mol. The molecule has 248 valence electrons. The second kappa shape index (κ2) is 13.8. The summed E-state index contributed by atoms with van der Waals surface area (Å²) in [5, 5.41) is 21.3. The molecule has 3 aromatic rings. The molecule has 0 saturated carbocycles. The van der Waals surface area contributed by atoms with Gasteiger partial charge >= 0.3 is 18.3 Å². The summed E-state index contributed by atoms with van der Waals surface area (Å²) in [5.74, 6) is -0.829. The van der Waals surface area contributed by atoms with E-state index in [9.17, 15) is 36.2 Å². The number of benzene rings is 2. The Labute approximate surface area is 263 Å². The maximum Gasteiger partial charge on any atom is 0.416 e. The van der Waals surface area contributed by atoms with Gasteiger partial charge in [-0.25, -0.2) is 0 Å². The van der Waals surface area contributed by atoms with E-state index in [1.165, 1.54) is 22.3 Å². The largest absolute Gasteiger partial charge is 0.481 e. The van der Waals surface area contributed by atoms with Crippen molar-refractivity contribution in [1.82, 2.24) is 20.2 Å². The van der Waals surface area contributed by atoms with Crippen LogP contribution in [0.3, 0.4) is 0 Å². The van der Waals surface area contributed by atoms with Crippen molar-refractivity contribution < 1.29 is 36.2 Å². The van der Waals surface area contributed by atoms with Crippen LogP contribution in [0.25, 0.3) is 0 Å². The van der Waals surface area contributed by atoms with Gasteiger partial charge in [0.05, 0.1) is 18.2 Å². The number of aryl methyl sites for hydroxylation is 3. The van der Waals surface area contributed by atoms with E-state index in [1.54, 1.807) is 0 Å². The summed E-state index contributed by atoms with van der Waals surface area (Å²) in [7, 11) is 1.51. The predicted octanol–water partition coefficient (Wildman–Crippen LogP) is 7.08. The molecule has 15 heteroatoms. The molecule has 1 N–H and O–H groups in total. The zero-order valence-corrected chi connectivity index (χ0v) is 26.3. The van der Waals surface area contributed by atoms with E-state index in [0.717, 1.165) is 36.1 Å². The molecule has 0 atom stereocenters. The minimum absolute atomic E-state index is 0. The monoisotopic (exact) mass is 662 g/mol. The Morgan fingerprint density at radius 3 is 2.04 bits per heavy atom. The normalized spacial score (nSPS) is 13.4. The van der Waals surface area contributed by atoms with Crippen molar-refractivity contribution >= 4 is 30.0 Å². The molecule has 8 nitrogen and oxygen atoms in total. The van der Waals surface area contributed by atoms with Crippen LogP contribution in [0.15, 0.2) is 30.3 Å². The lowest BCUT2D eigenvalue weighted by Crippen LogP contribution is -2.36. The number of halogens is 7. The number of rotatable bonds is 12. The Balaban J connectivity index is 0.00000552. The topological polar surface area (TPSA) is 87.4 Å². The first-order chi connectivity index (χ1) is 20.4. The van der Waals surface area contributed by atoms with Crippen molar-refractivity contribution in [2.45, 2.75) is 78.3 Å². The first kappa shape index (κ1) is 35.9. The lowest BCUT2D eigenvalue weighted by atomic mass is 9.86. The van der Waals surface area contributed by atoms with E-state index < -0.39 is 29.4 Å². The number of alkyl halides is 6. The summed E-state index contributed by atoms with van der Waals surface area (Å²) in [6.45, 7) is 6.83. The summed E-state index contributed by atoms with van der Waals surface area (Å²) in [5.41, 5.74) is 0.634. The van der Waals surface area contributed by atoms with Crippen molar-refractivity contribution in [2.75, 3.05) is 22.9 Å². The highest BCUT2D eigenvalue weighted by Gasteiger charge is 2.37. The molecule has 2 aromatic carbocycles. The molecule has 4 rings (SSSR count). The van der Waals surface area contributed by atoms with Crippen LogP contribution in [0.1, 0.15) is 73.4 Å². The van der Waals surface area contributed by atoms with Gasteiger partial charge in [-0.2, -0.15) is 31.1 Å². The third kappa shape index (κ3) is 9.24. The van der Waals surface area contributed by atoms with Crippen molar-refractivity contribution in [1.29, 1.82) is 0 Å². The fraction of sp³-hybridized carbons (Fsp3) is 0.533. The zero-order valence-electron chi connectivity index (χ0n) is 25.5. The highest BCUT2D eigenvalue weighted by atomic mass is 35.5. The molecule has 0 fully saturated rings. The Kier molecular flexibility index (Phi) is 11.0. The molecule has 45 heavy (non-hydrogen) atoms. The third-order valence-corrected chi connectivity index (χ3v) is 7.81. The van der Waals surface area contributed by atoms with Gasteiger partial charge in [0, 0.05) is 38.3 Å². The number of carboxylic acid groups (broad SMARTS) is 1. The summed E-state index contributed by atoms with van der Waals surface area (Å²) in [4.78, 5) is 16.1. The van der Waals surface area contributed by atoms with Crippen LogP contribution in [-0.2, 0) is 50.1 Å². The number of nitrogens with zero attached hydrogens (tertiary/aromatic N) is 6. The molecule has 1 heterocycles. The number of hydrogen-bond donors (Lipinski definition) is 1. The first-order valence-corrected chi connectivity index (χ1v) is 14.3. The SMILES string of the molecule is CCN(CC(C)(C)CCC(=O)O)c1cc2c(cc1CN(Cc1cc(C(F)(F)F)cc(C(F)(F)F)c1)c1nnn(C)n1)CCC2.Cl. The van der Waals surface area contributed by atoms with Gasteiger partial charge in [0.25, 0.3) is 5.95 Å². The lowest BCUT2D eigenvalue weighted by Gasteiger charge is -2.35. The van der Waals surface area contributed by atoms with Gasteiger partial charge in [-0.05, 0) is 89.8 Å². The Morgan fingerprint density at radius 2 is 1.53 bits per heavy atom. The number of aromatic nitrogens is 4. The quantitative estimate of drug-likeness (QED) is 0.207. The van der Waals surface area contributed by atoms with E-state index in [-0.39, 0.29) is 54.9 Å². The van der Waals surface area contributed by atoms with Crippen molar-refractivity contribution in [2.24, 2.45) is 12.5 Å². The van der Waals surface area contributed by atoms with E-state index in [2.05, 4.69) is 26.4 Å². The molecule has 0 amide bonds. The molecule has 0 bridgehead atoms. The second-order valence-corrected chi connectivity index (χ2v) is 12.0. The number of aliphatic carboxylic acids is 1. The van der Waals surface area contributed by atoms with Crippen LogP contribution in [-0.4, -0.2) is 44.4 Å². The molecular formula is C30H37ClF6N6O2. The van der Waals surface area contributed by atoms with Gasteiger partial charge < -0.3 is 14.9 Å². The molecule has 0 aliphatic heterocycles. The number of carbonyl (C=O) groups is 1. The zero-order chi connectivity index (χ0) is 32.4. The summed E-state index contributed by atoms with van der Waals surface area (Å²) < 4.78 is 81.8. The Hall–Kier alpha value is -3.55. The summed E-state index contributed by atoms with van der Waals surface area (Å²) in [6.07, 6.45) is -6.78. The molecule has 1 aromatic heterocycles. The summed E-state index contributed by atoms with van der Waals surface area (Å²) >= 11 is 0. The highest BCUT2D eigenvalue weighted by molar-refractivity contribution is 5.85. The van der Waals surface area contributed by atoms with Crippen LogP contribution >= 0.6 is 12.4 Å². The first-order valence-electron chi connectivity index (χ1n) is 14.3. The Morgan fingerprint density at radius 1 is 0.933 bits per heavy atom. The van der Waals surface area contributed by atoms with Crippen LogP contribution in [0.5, 0.6) is 0 Å². The third-order valence-electron chi connectivity index (χ3n) is 7.81. The van der Waals surface area contributed by atoms with Gasteiger partial charge in [0.15, 0.2) is 0 Å². The maximum absolute atomic E-state index is 13.6. The fourth-order valence-electron chi connectivity index (χ4n) is 5.63. The molecule has 0 saturated heterocycles.